The largest absolute Gasteiger partial charge is 0.456 e. The summed E-state index contributed by atoms with van der Waals surface area (Å²) in [6, 6.07) is 78.7. The summed E-state index contributed by atoms with van der Waals surface area (Å²) in [5.74, 6) is 2.70. The molecule has 0 fully saturated rings. The maximum atomic E-state index is 6.36. The van der Waals surface area contributed by atoms with Crippen molar-refractivity contribution < 1.29 is 4.42 Å². The highest BCUT2D eigenvalue weighted by Crippen LogP contribution is 2.57. The number of hydrogen-bond donors (Lipinski definition) is 0. The van der Waals surface area contributed by atoms with E-state index in [4.69, 9.17) is 29.3 Å². The number of furan rings is 1. The van der Waals surface area contributed by atoms with Gasteiger partial charge in [0, 0.05) is 56.0 Å². The summed E-state index contributed by atoms with van der Waals surface area (Å²) in [5.41, 5.74) is 19.4. The normalized spacial score (nSPS) is 14.4. The van der Waals surface area contributed by atoms with Gasteiger partial charge in [0.2, 0.25) is 0 Å². The Morgan fingerprint density at radius 1 is 0.275 bits per heavy atom. The quantitative estimate of drug-likeness (QED) is 0.159. The minimum Gasteiger partial charge on any atom is -0.456 e. The lowest BCUT2D eigenvalue weighted by Gasteiger charge is -2.42. The molecule has 0 aliphatic heterocycles. The molecule has 0 saturated heterocycles. The van der Waals surface area contributed by atoms with Crippen LogP contribution in [0.15, 0.2) is 229 Å². The topological polar surface area (TPSA) is 77.6 Å². The van der Waals surface area contributed by atoms with Crippen LogP contribution in [0.3, 0.4) is 0 Å². The fraction of sp³-hybridized carbons (Fsp3) is 0.0317. The van der Waals surface area contributed by atoms with E-state index in [9.17, 15) is 0 Å². The van der Waals surface area contributed by atoms with Gasteiger partial charge in [-0.25, -0.2) is 24.9 Å². The van der Waals surface area contributed by atoms with Crippen molar-refractivity contribution in [1.29, 1.82) is 0 Å². The Hall–Kier alpha value is -9.13. The molecule has 2 unspecified atom stereocenters. The SMILES string of the molecule is c1ccc(-c2nc(-c3ccc4c(c3)C3c5ccccc5C4c4cc(-c5nc(-c6ccccc6)nc(-c6ccccc6)n5)ccc43)cc(-c3ccccc3-c3cccc4oc5ccccc5c34)n2)cc1. The molecule has 0 radical (unpaired) electrons. The number of nitrogens with zero attached hydrogens (tertiary/aromatic N) is 5. The van der Waals surface area contributed by atoms with Gasteiger partial charge >= 0.3 is 0 Å². The zero-order chi connectivity index (χ0) is 45.4. The number of benzene rings is 9. The van der Waals surface area contributed by atoms with Gasteiger partial charge in [-0.1, -0.05) is 194 Å². The predicted molar refractivity (Wildman–Crippen MR) is 276 cm³/mol. The third kappa shape index (κ3) is 6.45. The monoisotopic (exact) mass is 881 g/mol. The first-order valence-electron chi connectivity index (χ1n) is 23.4. The molecule has 0 spiro atoms. The Bertz CT molecular complexity index is 3920. The van der Waals surface area contributed by atoms with Gasteiger partial charge in [-0.15, -0.1) is 0 Å². The van der Waals surface area contributed by atoms with Crippen molar-refractivity contribution in [3.8, 4) is 79.2 Å². The average Bonchev–Trinajstić information content (AvgIpc) is 3.82. The minimum absolute atomic E-state index is 0.0312. The second-order valence-electron chi connectivity index (χ2n) is 17.9. The molecule has 322 valence electrons. The molecule has 69 heavy (non-hydrogen) atoms. The molecular weight excluding hydrogens is 843 g/mol. The highest BCUT2D eigenvalue weighted by Gasteiger charge is 2.41. The Balaban J connectivity index is 0.907. The van der Waals surface area contributed by atoms with Crippen molar-refractivity contribution >= 4 is 21.9 Å². The first-order chi connectivity index (χ1) is 34.2. The van der Waals surface area contributed by atoms with Crippen molar-refractivity contribution in [2.75, 3.05) is 0 Å². The van der Waals surface area contributed by atoms with E-state index in [1.165, 1.54) is 33.4 Å². The van der Waals surface area contributed by atoms with E-state index >= 15 is 0 Å². The van der Waals surface area contributed by atoms with E-state index in [-0.39, 0.29) is 11.8 Å². The molecule has 0 amide bonds. The maximum Gasteiger partial charge on any atom is 0.164 e. The third-order valence-corrected chi connectivity index (χ3v) is 13.9. The van der Waals surface area contributed by atoms with Crippen molar-refractivity contribution in [1.82, 2.24) is 24.9 Å². The lowest BCUT2D eigenvalue weighted by Crippen LogP contribution is -2.27. The van der Waals surface area contributed by atoms with E-state index < -0.39 is 0 Å². The van der Waals surface area contributed by atoms with Crippen molar-refractivity contribution in [2.45, 2.75) is 11.8 Å². The van der Waals surface area contributed by atoms with Crippen LogP contribution >= 0.6 is 0 Å². The molecule has 3 aliphatic rings. The Labute approximate surface area is 398 Å². The molecule has 15 rings (SSSR count). The highest BCUT2D eigenvalue weighted by molar-refractivity contribution is 6.13. The molecule has 0 saturated carbocycles. The van der Waals surface area contributed by atoms with E-state index in [0.29, 0.717) is 23.3 Å². The summed E-state index contributed by atoms with van der Waals surface area (Å²) < 4.78 is 6.36. The van der Waals surface area contributed by atoms with Gasteiger partial charge in [-0.05, 0) is 74.8 Å². The zero-order valence-corrected chi connectivity index (χ0v) is 37.2. The summed E-state index contributed by atoms with van der Waals surface area (Å²) in [6.45, 7) is 0. The molecule has 6 heteroatoms. The minimum atomic E-state index is 0.0312. The molecular formula is C63H39N5O. The standard InChI is InChI=1S/C63H39N5O/c1-4-17-38(18-5-1)60-64-53(37-54(65-60)44-24-11-10-23-43(44)45-28-16-30-56-59(45)50-27-14-15-29-55(50)69-56)41-31-33-48-51(35-41)57-46-25-12-13-26-47(46)58(48)52-36-42(32-34-49(52)57)63-67-61(39-19-6-2-7-20-39)66-62(68-63)40-21-8-3-9-22-40/h1-37,57-58H. The lowest BCUT2D eigenvalue weighted by molar-refractivity contribution is 0.669. The van der Waals surface area contributed by atoms with E-state index in [0.717, 1.165) is 77.8 Å². The summed E-state index contributed by atoms with van der Waals surface area (Å²) in [6.07, 6.45) is 0. The predicted octanol–water partition coefficient (Wildman–Crippen LogP) is 15.2. The van der Waals surface area contributed by atoms with Gasteiger partial charge in [-0.3, -0.25) is 0 Å². The van der Waals surface area contributed by atoms with Crippen LogP contribution in [0.4, 0.5) is 0 Å². The van der Waals surface area contributed by atoms with Gasteiger partial charge in [0.1, 0.15) is 11.2 Å². The summed E-state index contributed by atoms with van der Waals surface area (Å²) >= 11 is 0. The van der Waals surface area contributed by atoms with Crippen molar-refractivity contribution in [2.24, 2.45) is 0 Å². The van der Waals surface area contributed by atoms with Crippen LogP contribution in [0.1, 0.15) is 45.2 Å². The molecule has 6 nitrogen and oxygen atoms in total. The molecule has 3 heterocycles. The van der Waals surface area contributed by atoms with Crippen LogP contribution < -0.4 is 0 Å². The number of aromatic nitrogens is 5. The van der Waals surface area contributed by atoms with Gasteiger partial charge in [0.15, 0.2) is 23.3 Å². The van der Waals surface area contributed by atoms with Crippen molar-refractivity contribution in [3.63, 3.8) is 0 Å². The number of hydrogen-bond acceptors (Lipinski definition) is 6. The summed E-state index contributed by atoms with van der Waals surface area (Å²) in [7, 11) is 0. The van der Waals surface area contributed by atoms with E-state index in [1.807, 2.05) is 66.7 Å². The van der Waals surface area contributed by atoms with Crippen LogP contribution in [0.2, 0.25) is 0 Å². The smallest absolute Gasteiger partial charge is 0.164 e. The molecule has 2 atom stereocenters. The van der Waals surface area contributed by atoms with Gasteiger partial charge in [0.05, 0.1) is 11.4 Å². The fourth-order valence-corrected chi connectivity index (χ4v) is 10.8. The Kier molecular flexibility index (Phi) is 8.92. The highest BCUT2D eigenvalue weighted by atomic mass is 16.3. The van der Waals surface area contributed by atoms with Crippen LogP contribution in [0, 0.1) is 0 Å². The molecule has 12 aromatic rings. The van der Waals surface area contributed by atoms with Gasteiger partial charge in [0.25, 0.3) is 0 Å². The van der Waals surface area contributed by atoms with Crippen LogP contribution in [-0.2, 0) is 0 Å². The maximum absolute atomic E-state index is 6.36. The number of rotatable bonds is 7. The van der Waals surface area contributed by atoms with Crippen LogP contribution in [-0.4, -0.2) is 24.9 Å². The van der Waals surface area contributed by atoms with E-state index in [1.54, 1.807) is 0 Å². The second-order valence-corrected chi connectivity index (χ2v) is 17.9. The lowest BCUT2D eigenvalue weighted by atomic mass is 9.60. The van der Waals surface area contributed by atoms with Gasteiger partial charge < -0.3 is 4.42 Å². The van der Waals surface area contributed by atoms with Crippen LogP contribution in [0.5, 0.6) is 0 Å². The van der Waals surface area contributed by atoms with Crippen molar-refractivity contribution in [3.05, 3.63) is 258 Å². The molecule has 2 bridgehead atoms. The summed E-state index contributed by atoms with van der Waals surface area (Å²) in [5, 5.41) is 2.19. The van der Waals surface area contributed by atoms with Crippen LogP contribution in [0.25, 0.3) is 101 Å². The Morgan fingerprint density at radius 3 is 1.36 bits per heavy atom. The molecule has 3 aromatic heterocycles. The summed E-state index contributed by atoms with van der Waals surface area (Å²) in [4.78, 5) is 25.9. The molecule has 0 N–H and O–H groups in total. The fourth-order valence-electron chi connectivity index (χ4n) is 10.8. The number of fused-ring (bicyclic) bond motifs is 3. The average molecular weight is 882 g/mol. The number of para-hydroxylation sites is 1. The molecule has 3 aliphatic carbocycles. The third-order valence-electron chi connectivity index (χ3n) is 13.9. The first kappa shape index (κ1) is 39.1. The van der Waals surface area contributed by atoms with E-state index in [2.05, 4.69) is 158 Å². The van der Waals surface area contributed by atoms with Gasteiger partial charge in [-0.2, -0.15) is 0 Å². The second kappa shape index (κ2) is 15.8. The first-order valence-corrected chi connectivity index (χ1v) is 23.4. The Morgan fingerprint density at radius 2 is 0.725 bits per heavy atom. The molecule has 9 aromatic carbocycles. The zero-order valence-electron chi connectivity index (χ0n) is 37.2.